The lowest BCUT2D eigenvalue weighted by Gasteiger charge is -2.20. The van der Waals surface area contributed by atoms with Gasteiger partial charge in [0.1, 0.15) is 0 Å². The number of ether oxygens (including phenoxy) is 1. The number of halogens is 1. The number of hydrogen-bond donors (Lipinski definition) is 0. The number of aldehydes is 1. The number of carbonyl (C=O) groups excluding carboxylic acids is 1. The molecule has 72 valence electrons. The maximum atomic E-state index is 10.8. The van der Waals surface area contributed by atoms with Gasteiger partial charge < -0.3 is 4.74 Å². The van der Waals surface area contributed by atoms with Crippen molar-refractivity contribution >= 4 is 33.8 Å². The Kier molecular flexibility index (Phi) is 2.37. The van der Waals surface area contributed by atoms with Crippen LogP contribution in [-0.4, -0.2) is 12.2 Å². The molecule has 0 aliphatic carbocycles. The molecule has 1 aromatic rings. The summed E-state index contributed by atoms with van der Waals surface area (Å²) in [5.74, 6) is 0.525. The van der Waals surface area contributed by atoms with Gasteiger partial charge >= 0.3 is 0 Å². The Bertz CT molecular complexity index is 415. The highest BCUT2D eigenvalue weighted by atomic mass is 79.9. The van der Waals surface area contributed by atoms with Crippen molar-refractivity contribution in [3.63, 3.8) is 0 Å². The van der Waals surface area contributed by atoms with Crippen LogP contribution in [0.4, 0.5) is 5.69 Å². The second-order valence-electron chi connectivity index (χ2n) is 3.01. The topological polar surface area (TPSA) is 38.7 Å². The van der Waals surface area contributed by atoms with Gasteiger partial charge in [-0.15, -0.1) is 0 Å². The van der Waals surface area contributed by atoms with E-state index in [0.29, 0.717) is 5.90 Å². The van der Waals surface area contributed by atoms with E-state index in [1.807, 2.05) is 18.2 Å². The third kappa shape index (κ3) is 1.57. The molecule has 2 rings (SSSR count). The minimum Gasteiger partial charge on any atom is -0.465 e. The highest BCUT2D eigenvalue weighted by Crippen LogP contribution is 2.33. The zero-order valence-electron chi connectivity index (χ0n) is 7.53. The summed E-state index contributed by atoms with van der Waals surface area (Å²) < 4.78 is 6.20. The largest absolute Gasteiger partial charge is 0.465 e. The standard InChI is InChI=1S/C10H8BrNO2/c1-6-12-9-3-2-7(11)4-8(9)10(5-13)14-6/h2-5,10H,1H3. The molecule has 0 bridgehead atoms. The first-order valence-electron chi connectivity index (χ1n) is 4.17. The fourth-order valence-electron chi connectivity index (χ4n) is 1.40. The van der Waals surface area contributed by atoms with Crippen LogP contribution in [0.25, 0.3) is 0 Å². The number of rotatable bonds is 1. The van der Waals surface area contributed by atoms with Crippen LogP contribution in [0.3, 0.4) is 0 Å². The molecule has 1 atom stereocenters. The lowest BCUT2D eigenvalue weighted by Crippen LogP contribution is -2.14. The predicted octanol–water partition coefficient (Wildman–Crippen LogP) is 2.77. The van der Waals surface area contributed by atoms with Gasteiger partial charge in [0.05, 0.1) is 5.69 Å². The van der Waals surface area contributed by atoms with E-state index in [1.165, 1.54) is 0 Å². The molecule has 1 aromatic carbocycles. The van der Waals surface area contributed by atoms with Crippen molar-refractivity contribution in [2.45, 2.75) is 13.0 Å². The molecule has 0 fully saturated rings. The van der Waals surface area contributed by atoms with Gasteiger partial charge in [-0.05, 0) is 18.2 Å². The lowest BCUT2D eigenvalue weighted by atomic mass is 10.1. The van der Waals surface area contributed by atoms with Crippen molar-refractivity contribution < 1.29 is 9.53 Å². The Hall–Kier alpha value is -1.16. The Labute approximate surface area is 89.9 Å². The Morgan fingerprint density at radius 1 is 1.57 bits per heavy atom. The molecule has 14 heavy (non-hydrogen) atoms. The quantitative estimate of drug-likeness (QED) is 0.723. The molecule has 0 N–H and O–H groups in total. The molecule has 0 amide bonds. The maximum absolute atomic E-state index is 10.8. The minimum absolute atomic E-state index is 0.525. The summed E-state index contributed by atoms with van der Waals surface area (Å²) in [6.45, 7) is 1.74. The van der Waals surface area contributed by atoms with Crippen molar-refractivity contribution in [2.24, 2.45) is 4.99 Å². The molecule has 0 spiro atoms. The SMILES string of the molecule is CC1=Nc2ccc(Br)cc2C(C=O)O1. The van der Waals surface area contributed by atoms with Gasteiger partial charge in [0.2, 0.25) is 0 Å². The summed E-state index contributed by atoms with van der Waals surface area (Å²) >= 11 is 3.34. The van der Waals surface area contributed by atoms with E-state index in [4.69, 9.17) is 4.74 Å². The van der Waals surface area contributed by atoms with Crippen LogP contribution >= 0.6 is 15.9 Å². The molecule has 1 aliphatic rings. The van der Waals surface area contributed by atoms with Crippen molar-refractivity contribution in [1.82, 2.24) is 0 Å². The zero-order valence-corrected chi connectivity index (χ0v) is 9.11. The van der Waals surface area contributed by atoms with Crippen molar-refractivity contribution in [2.75, 3.05) is 0 Å². The fourth-order valence-corrected chi connectivity index (χ4v) is 1.78. The molecule has 1 unspecified atom stereocenters. The van der Waals surface area contributed by atoms with E-state index in [-0.39, 0.29) is 0 Å². The molecule has 1 heterocycles. The molecule has 3 nitrogen and oxygen atoms in total. The number of benzene rings is 1. The maximum Gasteiger partial charge on any atom is 0.186 e. The number of nitrogens with zero attached hydrogens (tertiary/aromatic N) is 1. The van der Waals surface area contributed by atoms with Crippen LogP contribution < -0.4 is 0 Å². The van der Waals surface area contributed by atoms with Crippen LogP contribution in [0.15, 0.2) is 27.7 Å². The zero-order chi connectivity index (χ0) is 10.1. The molecule has 0 aromatic heterocycles. The number of carbonyl (C=O) groups is 1. The molecule has 4 heteroatoms. The fraction of sp³-hybridized carbons (Fsp3) is 0.200. The van der Waals surface area contributed by atoms with Gasteiger partial charge in [-0.25, -0.2) is 4.99 Å². The third-order valence-electron chi connectivity index (χ3n) is 2.00. The van der Waals surface area contributed by atoms with E-state index in [2.05, 4.69) is 20.9 Å². The van der Waals surface area contributed by atoms with Crippen LogP contribution in [0.5, 0.6) is 0 Å². The first-order valence-corrected chi connectivity index (χ1v) is 4.96. The van der Waals surface area contributed by atoms with E-state index < -0.39 is 6.10 Å². The van der Waals surface area contributed by atoms with E-state index in [0.717, 1.165) is 22.0 Å². The van der Waals surface area contributed by atoms with Gasteiger partial charge in [0.25, 0.3) is 0 Å². The number of aliphatic imine (C=N–C) groups is 1. The summed E-state index contributed by atoms with van der Waals surface area (Å²) in [5.41, 5.74) is 1.61. The highest BCUT2D eigenvalue weighted by molar-refractivity contribution is 9.10. The Morgan fingerprint density at radius 2 is 2.36 bits per heavy atom. The summed E-state index contributed by atoms with van der Waals surface area (Å²) in [6.07, 6.45) is 0.253. The summed E-state index contributed by atoms with van der Waals surface area (Å²) in [4.78, 5) is 15.0. The average Bonchev–Trinajstić information content (AvgIpc) is 2.17. The third-order valence-corrected chi connectivity index (χ3v) is 2.49. The van der Waals surface area contributed by atoms with Crippen LogP contribution in [0.2, 0.25) is 0 Å². The monoisotopic (exact) mass is 253 g/mol. The van der Waals surface area contributed by atoms with Crippen molar-refractivity contribution in [3.05, 3.63) is 28.2 Å². The van der Waals surface area contributed by atoms with Gasteiger partial charge in [0, 0.05) is 17.0 Å². The first kappa shape index (κ1) is 9.40. The van der Waals surface area contributed by atoms with E-state index >= 15 is 0 Å². The normalized spacial score (nSPS) is 19.3. The van der Waals surface area contributed by atoms with Gasteiger partial charge in [-0.1, -0.05) is 15.9 Å². The predicted molar refractivity (Wildman–Crippen MR) is 56.8 cm³/mol. The molecule has 1 aliphatic heterocycles. The molecular weight excluding hydrogens is 246 g/mol. The first-order chi connectivity index (χ1) is 6.70. The summed E-state index contributed by atoms with van der Waals surface area (Å²) in [5, 5.41) is 0. The van der Waals surface area contributed by atoms with Gasteiger partial charge in [-0.2, -0.15) is 0 Å². The molecule has 0 saturated heterocycles. The van der Waals surface area contributed by atoms with Gasteiger partial charge in [-0.3, -0.25) is 4.79 Å². The van der Waals surface area contributed by atoms with E-state index in [9.17, 15) is 4.79 Å². The van der Waals surface area contributed by atoms with Crippen LogP contribution in [-0.2, 0) is 9.53 Å². The van der Waals surface area contributed by atoms with E-state index in [1.54, 1.807) is 6.92 Å². The second kappa shape index (κ2) is 3.53. The highest BCUT2D eigenvalue weighted by Gasteiger charge is 2.21. The van der Waals surface area contributed by atoms with Crippen LogP contribution in [0.1, 0.15) is 18.6 Å². The molecule has 0 radical (unpaired) electrons. The van der Waals surface area contributed by atoms with Crippen molar-refractivity contribution in [1.29, 1.82) is 0 Å². The molecular formula is C10H8BrNO2. The summed E-state index contributed by atoms with van der Waals surface area (Å²) in [6, 6.07) is 5.61. The molecule has 0 saturated carbocycles. The lowest BCUT2D eigenvalue weighted by molar-refractivity contribution is -0.114. The Morgan fingerprint density at radius 3 is 3.07 bits per heavy atom. The second-order valence-corrected chi connectivity index (χ2v) is 3.92. The summed E-state index contributed by atoms with van der Waals surface area (Å²) in [7, 11) is 0. The Balaban J connectivity index is 2.57. The minimum atomic E-state index is -0.528. The number of hydrogen-bond acceptors (Lipinski definition) is 3. The average molecular weight is 254 g/mol. The van der Waals surface area contributed by atoms with Crippen LogP contribution in [0, 0.1) is 0 Å². The number of fused-ring (bicyclic) bond motifs is 1. The van der Waals surface area contributed by atoms with Gasteiger partial charge in [0.15, 0.2) is 18.3 Å². The van der Waals surface area contributed by atoms with Crippen molar-refractivity contribution in [3.8, 4) is 0 Å². The smallest absolute Gasteiger partial charge is 0.186 e.